The average molecular weight is 390 g/mol. The molecular formula is C15H18ClN2O6S-. The van der Waals surface area contributed by atoms with E-state index in [-0.39, 0.29) is 48.2 Å². The van der Waals surface area contributed by atoms with Gasteiger partial charge < -0.3 is 20.4 Å². The maximum atomic E-state index is 12.8. The van der Waals surface area contributed by atoms with Crippen molar-refractivity contribution >= 4 is 33.5 Å². The molecule has 25 heavy (non-hydrogen) atoms. The molecule has 1 aromatic rings. The highest BCUT2D eigenvalue weighted by Gasteiger charge is 2.32. The summed E-state index contributed by atoms with van der Waals surface area (Å²) in [4.78, 5) is 21.6. The van der Waals surface area contributed by atoms with Gasteiger partial charge in [0.05, 0.1) is 5.02 Å². The molecule has 1 aliphatic rings. The van der Waals surface area contributed by atoms with Gasteiger partial charge in [0, 0.05) is 31.0 Å². The lowest BCUT2D eigenvalue weighted by atomic mass is 9.99. The number of aryl methyl sites for hydroxylation is 1. The van der Waals surface area contributed by atoms with Gasteiger partial charge in [-0.2, -0.15) is 4.31 Å². The number of hydrogen-bond donors (Lipinski definition) is 1. The number of sulfonamides is 1. The summed E-state index contributed by atoms with van der Waals surface area (Å²) >= 11 is 6.09. The normalized spacial score (nSPS) is 16.6. The fourth-order valence-corrected chi connectivity index (χ4v) is 4.65. The minimum Gasteiger partial charge on any atom is -0.550 e. The highest BCUT2D eigenvalue weighted by molar-refractivity contribution is 7.89. The van der Waals surface area contributed by atoms with Crippen LogP contribution in [-0.4, -0.2) is 44.3 Å². The summed E-state index contributed by atoms with van der Waals surface area (Å²) in [6, 6.07) is 2.68. The number of carboxylic acid groups (broad SMARTS) is 1. The number of rotatable bonds is 6. The van der Waals surface area contributed by atoms with Crippen molar-refractivity contribution < 1.29 is 27.9 Å². The van der Waals surface area contributed by atoms with Gasteiger partial charge in [-0.25, -0.2) is 8.42 Å². The second kappa shape index (κ2) is 7.59. The van der Waals surface area contributed by atoms with E-state index in [0.717, 1.165) is 0 Å². The maximum absolute atomic E-state index is 12.8. The quantitative estimate of drug-likeness (QED) is 0.708. The zero-order valence-corrected chi connectivity index (χ0v) is 15.1. The fourth-order valence-electron chi connectivity index (χ4n) is 2.61. The summed E-state index contributed by atoms with van der Waals surface area (Å²) in [5.41, 5.74) is 5.59. The first-order valence-corrected chi connectivity index (χ1v) is 9.37. The van der Waals surface area contributed by atoms with Crippen molar-refractivity contribution in [3.63, 3.8) is 0 Å². The van der Waals surface area contributed by atoms with Gasteiger partial charge in [-0.3, -0.25) is 4.79 Å². The number of benzene rings is 1. The summed E-state index contributed by atoms with van der Waals surface area (Å²) in [6.45, 7) is 1.38. The largest absolute Gasteiger partial charge is 0.550 e. The second-order valence-electron chi connectivity index (χ2n) is 5.80. The van der Waals surface area contributed by atoms with Crippen LogP contribution >= 0.6 is 11.6 Å². The highest BCUT2D eigenvalue weighted by atomic mass is 35.5. The van der Waals surface area contributed by atoms with Crippen LogP contribution in [0.3, 0.4) is 0 Å². The number of primary amides is 1. The van der Waals surface area contributed by atoms with Crippen molar-refractivity contribution in [1.29, 1.82) is 0 Å². The first-order valence-electron chi connectivity index (χ1n) is 7.55. The minimum atomic E-state index is -3.93. The van der Waals surface area contributed by atoms with Gasteiger partial charge in [0.1, 0.15) is 10.6 Å². The average Bonchev–Trinajstić information content (AvgIpc) is 2.53. The van der Waals surface area contributed by atoms with Gasteiger partial charge >= 0.3 is 0 Å². The zero-order valence-electron chi connectivity index (χ0n) is 13.5. The van der Waals surface area contributed by atoms with Crippen molar-refractivity contribution in [3.05, 3.63) is 22.7 Å². The molecule has 1 fully saturated rings. The van der Waals surface area contributed by atoms with E-state index in [9.17, 15) is 23.1 Å². The Bertz CT molecular complexity index is 787. The van der Waals surface area contributed by atoms with Gasteiger partial charge in [0.25, 0.3) is 5.91 Å². The molecule has 0 bridgehead atoms. The number of nitrogens with two attached hydrogens (primary N) is 1. The Morgan fingerprint density at radius 3 is 2.48 bits per heavy atom. The van der Waals surface area contributed by atoms with Crippen LogP contribution < -0.4 is 15.6 Å². The first kappa shape index (κ1) is 19.5. The summed E-state index contributed by atoms with van der Waals surface area (Å²) in [5, 5.41) is 10.9. The monoisotopic (exact) mass is 389 g/mol. The lowest BCUT2D eigenvalue weighted by molar-refractivity contribution is -0.312. The number of hydrogen-bond acceptors (Lipinski definition) is 6. The summed E-state index contributed by atoms with van der Waals surface area (Å²) < 4.78 is 32.0. The van der Waals surface area contributed by atoms with Crippen LogP contribution in [0.25, 0.3) is 0 Å². The van der Waals surface area contributed by atoms with Crippen molar-refractivity contribution in [1.82, 2.24) is 4.31 Å². The van der Waals surface area contributed by atoms with E-state index in [2.05, 4.69) is 0 Å². The Labute approximate surface area is 150 Å². The summed E-state index contributed by atoms with van der Waals surface area (Å²) in [6.07, 6.45) is 0.353. The van der Waals surface area contributed by atoms with Gasteiger partial charge in [-0.05, 0) is 31.4 Å². The van der Waals surface area contributed by atoms with Crippen molar-refractivity contribution in [2.24, 2.45) is 11.7 Å². The molecule has 1 saturated heterocycles. The van der Waals surface area contributed by atoms with Crippen LogP contribution in [0.5, 0.6) is 5.75 Å². The predicted molar refractivity (Wildman–Crippen MR) is 87.4 cm³/mol. The van der Waals surface area contributed by atoms with E-state index < -0.39 is 27.8 Å². The van der Waals surface area contributed by atoms with E-state index in [1.165, 1.54) is 16.4 Å². The number of piperidine rings is 1. The number of ether oxygens (including phenoxy) is 1. The molecule has 2 N–H and O–H groups in total. The number of aliphatic carboxylic acids is 1. The van der Waals surface area contributed by atoms with E-state index in [4.69, 9.17) is 22.1 Å². The maximum Gasteiger partial charge on any atom is 0.255 e. The number of carbonyl (C=O) groups is 2. The number of carboxylic acids is 1. The van der Waals surface area contributed by atoms with E-state index in [1.807, 2.05) is 0 Å². The van der Waals surface area contributed by atoms with Gasteiger partial charge in [-0.1, -0.05) is 11.6 Å². The van der Waals surface area contributed by atoms with Crippen LogP contribution in [0, 0.1) is 12.8 Å². The zero-order chi connectivity index (χ0) is 18.8. The molecule has 1 heterocycles. The standard InChI is InChI=1S/C15H19ClN2O6S/c1-9-6-11(16)13(7-12(9)24-8-14(17)19)25(22,23)18-4-2-10(3-5-18)15(20)21/h6-7,10H,2-5,8H2,1H3,(H2,17,19)(H,20,21)/p-1. The topological polar surface area (TPSA) is 130 Å². The van der Waals surface area contributed by atoms with E-state index in [1.54, 1.807) is 6.92 Å². The molecule has 1 amide bonds. The molecule has 10 heteroatoms. The fraction of sp³-hybridized carbons (Fsp3) is 0.467. The molecule has 138 valence electrons. The Morgan fingerprint density at radius 1 is 1.36 bits per heavy atom. The van der Waals surface area contributed by atoms with E-state index >= 15 is 0 Å². The molecule has 0 saturated carbocycles. The van der Waals surface area contributed by atoms with Gasteiger partial charge in [0.15, 0.2) is 6.61 Å². The van der Waals surface area contributed by atoms with Crippen LogP contribution in [0.4, 0.5) is 0 Å². The molecule has 0 aromatic heterocycles. The SMILES string of the molecule is Cc1cc(Cl)c(S(=O)(=O)N2CCC(C(=O)[O-])CC2)cc1OCC(N)=O. The van der Waals surface area contributed by atoms with Crippen molar-refractivity contribution in [2.45, 2.75) is 24.7 Å². The molecule has 0 radical (unpaired) electrons. The van der Waals surface area contributed by atoms with Crippen molar-refractivity contribution in [3.8, 4) is 5.75 Å². The third-order valence-electron chi connectivity index (χ3n) is 4.00. The Hall–Kier alpha value is -1.84. The summed E-state index contributed by atoms with van der Waals surface area (Å²) in [5.74, 6) is -2.34. The Balaban J connectivity index is 2.28. The lowest BCUT2D eigenvalue weighted by Gasteiger charge is -2.31. The molecule has 1 aliphatic heterocycles. The lowest BCUT2D eigenvalue weighted by Crippen LogP contribution is -2.43. The number of carbonyl (C=O) groups excluding carboxylic acids is 2. The van der Waals surface area contributed by atoms with Crippen LogP contribution in [0.1, 0.15) is 18.4 Å². The van der Waals surface area contributed by atoms with Gasteiger partial charge in [-0.15, -0.1) is 0 Å². The van der Waals surface area contributed by atoms with Crippen LogP contribution in [-0.2, 0) is 19.6 Å². The van der Waals surface area contributed by atoms with Crippen molar-refractivity contribution in [2.75, 3.05) is 19.7 Å². The highest BCUT2D eigenvalue weighted by Crippen LogP contribution is 2.33. The van der Waals surface area contributed by atoms with E-state index in [0.29, 0.717) is 5.56 Å². The molecule has 8 nitrogen and oxygen atoms in total. The smallest absolute Gasteiger partial charge is 0.255 e. The Kier molecular flexibility index (Phi) is 5.91. The molecule has 2 rings (SSSR count). The minimum absolute atomic E-state index is 0.0194. The molecular weight excluding hydrogens is 372 g/mol. The molecule has 0 unspecified atom stereocenters. The van der Waals surface area contributed by atoms with Crippen LogP contribution in [0.2, 0.25) is 5.02 Å². The summed E-state index contributed by atoms with van der Waals surface area (Å²) in [7, 11) is -3.93. The third-order valence-corrected chi connectivity index (χ3v) is 6.37. The number of halogens is 1. The molecule has 0 atom stereocenters. The molecule has 0 spiro atoms. The second-order valence-corrected chi connectivity index (χ2v) is 8.11. The number of amides is 1. The molecule has 0 aliphatic carbocycles. The van der Waals surface area contributed by atoms with Crippen LogP contribution in [0.15, 0.2) is 17.0 Å². The predicted octanol–water partition coefficient (Wildman–Crippen LogP) is -0.337. The van der Waals surface area contributed by atoms with Gasteiger partial charge in [0.2, 0.25) is 10.0 Å². The molecule has 1 aromatic carbocycles. The first-order chi connectivity index (χ1) is 11.6. The number of nitrogens with zero attached hydrogens (tertiary/aromatic N) is 1. The third kappa shape index (κ3) is 4.42. The Morgan fingerprint density at radius 2 is 1.96 bits per heavy atom.